The SMILES string of the molecule is CNC(=O)N1CCC(N2CCC(Oc3ccc(Cl)c(Cl)c3)CC2)CC1. The summed E-state index contributed by atoms with van der Waals surface area (Å²) in [7, 11) is 1.69. The van der Waals surface area contributed by atoms with Crippen molar-refractivity contribution in [1.82, 2.24) is 15.1 Å². The summed E-state index contributed by atoms with van der Waals surface area (Å²) in [6.45, 7) is 3.75. The van der Waals surface area contributed by atoms with Gasteiger partial charge in [-0.3, -0.25) is 4.90 Å². The van der Waals surface area contributed by atoms with E-state index in [0.29, 0.717) is 16.1 Å². The van der Waals surface area contributed by atoms with Crippen LogP contribution >= 0.6 is 23.2 Å². The van der Waals surface area contributed by atoms with E-state index in [2.05, 4.69) is 10.2 Å². The highest BCUT2D eigenvalue weighted by Gasteiger charge is 2.30. The smallest absolute Gasteiger partial charge is 0.317 e. The number of halogens is 2. The number of amides is 2. The van der Waals surface area contributed by atoms with E-state index in [-0.39, 0.29) is 12.1 Å². The molecule has 0 spiro atoms. The summed E-state index contributed by atoms with van der Waals surface area (Å²) >= 11 is 12.0. The quantitative estimate of drug-likeness (QED) is 0.863. The van der Waals surface area contributed by atoms with E-state index in [4.69, 9.17) is 27.9 Å². The van der Waals surface area contributed by atoms with E-state index in [1.807, 2.05) is 11.0 Å². The predicted octanol–water partition coefficient (Wildman–Crippen LogP) is 3.64. The van der Waals surface area contributed by atoms with Gasteiger partial charge >= 0.3 is 6.03 Å². The first kappa shape index (κ1) is 18.6. The summed E-state index contributed by atoms with van der Waals surface area (Å²) in [6.07, 6.45) is 4.34. The molecule has 2 saturated heterocycles. The highest BCUT2D eigenvalue weighted by Crippen LogP contribution is 2.29. The number of likely N-dealkylation sites (tertiary alicyclic amines) is 2. The molecule has 138 valence electrons. The largest absolute Gasteiger partial charge is 0.490 e. The summed E-state index contributed by atoms with van der Waals surface area (Å²) in [5.41, 5.74) is 0. The van der Waals surface area contributed by atoms with Crippen molar-refractivity contribution in [2.75, 3.05) is 33.2 Å². The number of nitrogens with one attached hydrogen (secondary N) is 1. The standard InChI is InChI=1S/C18H25Cl2N3O2/c1-21-18(24)23-8-4-13(5-9-23)22-10-6-14(7-11-22)25-15-2-3-16(19)17(20)12-15/h2-3,12-14H,4-11H2,1H3,(H,21,24). The van der Waals surface area contributed by atoms with Crippen molar-refractivity contribution >= 4 is 29.2 Å². The number of ether oxygens (including phenoxy) is 1. The van der Waals surface area contributed by atoms with Crippen LogP contribution in [0.25, 0.3) is 0 Å². The van der Waals surface area contributed by atoms with Crippen LogP contribution in [0.1, 0.15) is 25.7 Å². The minimum Gasteiger partial charge on any atom is -0.490 e. The fraction of sp³-hybridized carbons (Fsp3) is 0.611. The first-order chi connectivity index (χ1) is 12.1. The van der Waals surface area contributed by atoms with Crippen LogP contribution in [0, 0.1) is 0 Å². The molecule has 0 aliphatic carbocycles. The Bertz CT molecular complexity index is 598. The number of urea groups is 1. The fourth-order valence-electron chi connectivity index (χ4n) is 3.69. The van der Waals surface area contributed by atoms with Crippen molar-refractivity contribution in [3.05, 3.63) is 28.2 Å². The number of nitrogens with zero attached hydrogens (tertiary/aromatic N) is 2. The molecule has 0 aromatic heterocycles. The van der Waals surface area contributed by atoms with E-state index >= 15 is 0 Å². The zero-order chi connectivity index (χ0) is 17.8. The molecule has 0 bridgehead atoms. The highest BCUT2D eigenvalue weighted by molar-refractivity contribution is 6.42. The Morgan fingerprint density at radius 2 is 1.76 bits per heavy atom. The van der Waals surface area contributed by atoms with Crippen LogP contribution in [0.4, 0.5) is 4.79 Å². The van der Waals surface area contributed by atoms with Crippen LogP contribution < -0.4 is 10.1 Å². The predicted molar refractivity (Wildman–Crippen MR) is 101 cm³/mol. The second-order valence-electron chi connectivity index (χ2n) is 6.70. The lowest BCUT2D eigenvalue weighted by molar-refractivity contribution is 0.0537. The number of carbonyl (C=O) groups is 1. The van der Waals surface area contributed by atoms with Gasteiger partial charge < -0.3 is 15.0 Å². The van der Waals surface area contributed by atoms with E-state index < -0.39 is 0 Å². The lowest BCUT2D eigenvalue weighted by Gasteiger charge is -2.41. The molecule has 25 heavy (non-hydrogen) atoms. The third kappa shape index (κ3) is 4.72. The van der Waals surface area contributed by atoms with E-state index in [1.54, 1.807) is 19.2 Å². The van der Waals surface area contributed by atoms with Gasteiger partial charge in [0.1, 0.15) is 11.9 Å². The van der Waals surface area contributed by atoms with Gasteiger partial charge in [0, 0.05) is 45.3 Å². The molecule has 0 atom stereocenters. The third-order valence-electron chi connectivity index (χ3n) is 5.15. The van der Waals surface area contributed by atoms with Crippen LogP contribution in [-0.2, 0) is 0 Å². The van der Waals surface area contributed by atoms with Gasteiger partial charge in [0.25, 0.3) is 0 Å². The van der Waals surface area contributed by atoms with Crippen LogP contribution in [0.3, 0.4) is 0 Å². The second kappa shape index (κ2) is 8.47. The lowest BCUT2D eigenvalue weighted by atomic mass is 9.99. The molecule has 3 rings (SSSR count). The fourth-order valence-corrected chi connectivity index (χ4v) is 3.98. The Kier molecular flexibility index (Phi) is 6.31. The molecule has 1 aromatic rings. The molecular weight excluding hydrogens is 361 g/mol. The Labute approximate surface area is 159 Å². The Balaban J connectivity index is 1.44. The minimum atomic E-state index is 0.0344. The molecule has 1 N–H and O–H groups in total. The molecule has 2 amide bonds. The summed E-state index contributed by atoms with van der Waals surface area (Å²) in [5.74, 6) is 0.784. The van der Waals surface area contributed by atoms with Gasteiger partial charge in [-0.2, -0.15) is 0 Å². The lowest BCUT2D eigenvalue weighted by Crippen LogP contribution is -2.51. The van der Waals surface area contributed by atoms with Gasteiger partial charge in [0.2, 0.25) is 0 Å². The Hall–Kier alpha value is -1.17. The van der Waals surface area contributed by atoms with E-state index in [0.717, 1.165) is 57.6 Å². The molecule has 0 radical (unpaired) electrons. The Morgan fingerprint density at radius 1 is 1.08 bits per heavy atom. The molecule has 0 unspecified atom stereocenters. The maximum Gasteiger partial charge on any atom is 0.317 e. The first-order valence-electron chi connectivity index (χ1n) is 8.89. The summed E-state index contributed by atoms with van der Waals surface area (Å²) in [5, 5.41) is 3.78. The van der Waals surface area contributed by atoms with Crippen LogP contribution in [0.5, 0.6) is 5.75 Å². The molecule has 0 saturated carbocycles. The van der Waals surface area contributed by atoms with Crippen molar-refractivity contribution in [3.8, 4) is 5.75 Å². The molecule has 5 nitrogen and oxygen atoms in total. The van der Waals surface area contributed by atoms with Crippen molar-refractivity contribution in [3.63, 3.8) is 0 Å². The first-order valence-corrected chi connectivity index (χ1v) is 9.65. The van der Waals surface area contributed by atoms with Crippen LogP contribution in [0.2, 0.25) is 10.0 Å². The number of hydrogen-bond donors (Lipinski definition) is 1. The average molecular weight is 386 g/mol. The van der Waals surface area contributed by atoms with Gasteiger partial charge in [0.15, 0.2) is 0 Å². The van der Waals surface area contributed by atoms with Gasteiger partial charge in [0.05, 0.1) is 10.0 Å². The number of hydrogen-bond acceptors (Lipinski definition) is 3. The minimum absolute atomic E-state index is 0.0344. The Morgan fingerprint density at radius 3 is 2.36 bits per heavy atom. The molecule has 2 aliphatic heterocycles. The van der Waals surface area contributed by atoms with Crippen molar-refractivity contribution in [1.29, 1.82) is 0 Å². The van der Waals surface area contributed by atoms with Crippen molar-refractivity contribution < 1.29 is 9.53 Å². The van der Waals surface area contributed by atoms with Gasteiger partial charge in [-0.05, 0) is 37.8 Å². The maximum absolute atomic E-state index is 11.7. The number of carbonyl (C=O) groups excluding carboxylic acids is 1. The van der Waals surface area contributed by atoms with Gasteiger partial charge in [-0.25, -0.2) is 4.79 Å². The summed E-state index contributed by atoms with van der Waals surface area (Å²) in [4.78, 5) is 16.1. The third-order valence-corrected chi connectivity index (χ3v) is 5.89. The van der Waals surface area contributed by atoms with Crippen LogP contribution in [-0.4, -0.2) is 61.2 Å². The average Bonchev–Trinajstić information content (AvgIpc) is 2.65. The number of piperidine rings is 2. The summed E-state index contributed by atoms with van der Waals surface area (Å²) < 4.78 is 6.06. The molecule has 2 fully saturated rings. The molecule has 7 heteroatoms. The normalized spacial score (nSPS) is 20.5. The van der Waals surface area contributed by atoms with Crippen molar-refractivity contribution in [2.24, 2.45) is 0 Å². The monoisotopic (exact) mass is 385 g/mol. The van der Waals surface area contributed by atoms with Crippen molar-refractivity contribution in [2.45, 2.75) is 37.8 Å². The van der Waals surface area contributed by atoms with E-state index in [9.17, 15) is 4.79 Å². The zero-order valence-corrected chi connectivity index (χ0v) is 16.0. The van der Waals surface area contributed by atoms with Gasteiger partial charge in [-0.15, -0.1) is 0 Å². The number of rotatable bonds is 3. The topological polar surface area (TPSA) is 44.8 Å². The van der Waals surface area contributed by atoms with Gasteiger partial charge in [-0.1, -0.05) is 23.2 Å². The molecule has 2 heterocycles. The molecule has 1 aromatic carbocycles. The van der Waals surface area contributed by atoms with E-state index in [1.165, 1.54) is 0 Å². The number of benzene rings is 1. The summed E-state index contributed by atoms with van der Waals surface area (Å²) in [6, 6.07) is 6.04. The molecular formula is C18H25Cl2N3O2. The zero-order valence-electron chi connectivity index (χ0n) is 14.5. The highest BCUT2D eigenvalue weighted by atomic mass is 35.5. The van der Waals surface area contributed by atoms with Crippen LogP contribution in [0.15, 0.2) is 18.2 Å². The molecule has 2 aliphatic rings. The second-order valence-corrected chi connectivity index (χ2v) is 7.52. The maximum atomic E-state index is 11.7.